The van der Waals surface area contributed by atoms with Gasteiger partial charge in [0.05, 0.1) is 5.69 Å². The number of nitrogens with zero attached hydrogens (tertiary/aromatic N) is 5. The van der Waals surface area contributed by atoms with Gasteiger partial charge in [0, 0.05) is 31.0 Å². The first-order chi connectivity index (χ1) is 11.1. The van der Waals surface area contributed by atoms with Gasteiger partial charge in [0.25, 0.3) is 0 Å². The van der Waals surface area contributed by atoms with E-state index < -0.39 is 0 Å². The quantitative estimate of drug-likeness (QED) is 0.923. The molecule has 0 radical (unpaired) electrons. The fraction of sp³-hybridized carbons (Fsp3) is 0.500. The van der Waals surface area contributed by atoms with Crippen LogP contribution in [0.15, 0.2) is 24.4 Å². The van der Waals surface area contributed by atoms with Gasteiger partial charge in [-0.15, -0.1) is 5.10 Å². The van der Waals surface area contributed by atoms with Crippen LogP contribution in [0.4, 0.5) is 5.82 Å². The first kappa shape index (κ1) is 15.5. The smallest absolute Gasteiger partial charge is 0.244 e. The maximum atomic E-state index is 12.4. The zero-order valence-corrected chi connectivity index (χ0v) is 13.6. The highest BCUT2D eigenvalue weighted by atomic mass is 16.2. The Labute approximate surface area is 135 Å². The molecule has 1 amide bonds. The molecule has 1 N–H and O–H groups in total. The Hall–Kier alpha value is -2.44. The number of aromatic nitrogens is 4. The van der Waals surface area contributed by atoms with Crippen LogP contribution >= 0.6 is 0 Å². The predicted molar refractivity (Wildman–Crippen MR) is 87.0 cm³/mol. The summed E-state index contributed by atoms with van der Waals surface area (Å²) in [5.41, 5.74) is 1.97. The average Bonchev–Trinajstić information content (AvgIpc) is 2.86. The van der Waals surface area contributed by atoms with Crippen molar-refractivity contribution in [3.8, 4) is 0 Å². The van der Waals surface area contributed by atoms with Gasteiger partial charge in [-0.25, -0.2) is 0 Å². The Balaban J connectivity index is 1.50. The van der Waals surface area contributed by atoms with Crippen LogP contribution < -0.4 is 5.32 Å². The third kappa shape index (κ3) is 3.85. The highest BCUT2D eigenvalue weighted by Crippen LogP contribution is 2.15. The van der Waals surface area contributed by atoms with Gasteiger partial charge >= 0.3 is 0 Å². The molecule has 1 fully saturated rings. The lowest BCUT2D eigenvalue weighted by atomic mass is 10.0. The third-order valence-corrected chi connectivity index (χ3v) is 4.16. The van der Waals surface area contributed by atoms with Crippen LogP contribution in [-0.2, 0) is 11.3 Å². The minimum absolute atomic E-state index is 0.133. The van der Waals surface area contributed by atoms with E-state index in [4.69, 9.17) is 0 Å². The Morgan fingerprint density at radius 2 is 2.13 bits per heavy atom. The van der Waals surface area contributed by atoms with Crippen molar-refractivity contribution in [2.24, 2.45) is 0 Å². The highest BCUT2D eigenvalue weighted by molar-refractivity contribution is 5.76. The van der Waals surface area contributed by atoms with E-state index in [1.807, 2.05) is 36.9 Å². The summed E-state index contributed by atoms with van der Waals surface area (Å²) in [4.78, 5) is 14.3. The normalized spacial score (nSPS) is 15.7. The van der Waals surface area contributed by atoms with Crippen LogP contribution in [0.1, 0.15) is 24.2 Å². The molecule has 1 saturated heterocycles. The number of carbonyl (C=O) groups excluding carboxylic acids is 1. The number of anilines is 1. The molecule has 7 nitrogen and oxygen atoms in total. The van der Waals surface area contributed by atoms with Gasteiger partial charge in [-0.2, -0.15) is 10.2 Å². The van der Waals surface area contributed by atoms with Crippen molar-refractivity contribution in [3.05, 3.63) is 35.8 Å². The molecule has 122 valence electrons. The molecular formula is C16H22N6O. The molecule has 3 rings (SSSR count). The molecule has 1 aliphatic heterocycles. The summed E-state index contributed by atoms with van der Waals surface area (Å²) in [6.07, 6.45) is 3.49. The van der Waals surface area contributed by atoms with Gasteiger partial charge in [-0.1, -0.05) is 0 Å². The predicted octanol–water partition coefficient (Wildman–Crippen LogP) is 1.39. The van der Waals surface area contributed by atoms with E-state index in [1.54, 1.807) is 10.9 Å². The molecule has 23 heavy (non-hydrogen) atoms. The number of amides is 1. The minimum Gasteiger partial charge on any atom is -0.366 e. The second-order valence-corrected chi connectivity index (χ2v) is 5.99. The first-order valence-electron chi connectivity index (χ1n) is 7.95. The van der Waals surface area contributed by atoms with E-state index >= 15 is 0 Å². The summed E-state index contributed by atoms with van der Waals surface area (Å²) < 4.78 is 1.78. The number of hydrogen-bond donors (Lipinski definition) is 1. The number of piperidine rings is 1. The highest BCUT2D eigenvalue weighted by Gasteiger charge is 2.23. The molecule has 0 bridgehead atoms. The Kier molecular flexibility index (Phi) is 4.55. The molecule has 0 aliphatic carbocycles. The second-order valence-electron chi connectivity index (χ2n) is 5.99. The minimum atomic E-state index is 0.133. The molecular weight excluding hydrogens is 292 g/mol. The summed E-state index contributed by atoms with van der Waals surface area (Å²) in [5, 5.41) is 15.6. The fourth-order valence-corrected chi connectivity index (χ4v) is 2.92. The summed E-state index contributed by atoms with van der Waals surface area (Å²) in [7, 11) is 0. The number of rotatable bonds is 4. The summed E-state index contributed by atoms with van der Waals surface area (Å²) >= 11 is 0. The Morgan fingerprint density at radius 3 is 2.74 bits per heavy atom. The number of nitrogens with one attached hydrogen (secondary N) is 1. The summed E-state index contributed by atoms with van der Waals surface area (Å²) in [5.74, 6) is 0.925. The maximum absolute atomic E-state index is 12.4. The largest absolute Gasteiger partial charge is 0.366 e. The lowest BCUT2D eigenvalue weighted by Gasteiger charge is -2.32. The third-order valence-electron chi connectivity index (χ3n) is 4.16. The topological polar surface area (TPSA) is 75.9 Å². The van der Waals surface area contributed by atoms with Crippen molar-refractivity contribution in [2.45, 2.75) is 39.3 Å². The molecule has 0 saturated carbocycles. The Morgan fingerprint density at radius 1 is 1.35 bits per heavy atom. The zero-order chi connectivity index (χ0) is 16.2. The van der Waals surface area contributed by atoms with Crippen molar-refractivity contribution < 1.29 is 4.79 Å². The van der Waals surface area contributed by atoms with Gasteiger partial charge in [-0.3, -0.25) is 9.48 Å². The van der Waals surface area contributed by atoms with Crippen molar-refractivity contribution in [3.63, 3.8) is 0 Å². The van der Waals surface area contributed by atoms with Gasteiger partial charge in [-0.05, 0) is 44.9 Å². The standard InChI is InChI=1S/C16H22N6O/c1-12-10-13(2)22(20-12)11-16(23)21-8-5-14(6-9-21)18-15-4-3-7-17-19-15/h3-4,7,10,14H,5-6,8-9,11H2,1-2H3,(H,18,19). The van der Waals surface area contributed by atoms with Gasteiger partial charge in [0.1, 0.15) is 12.4 Å². The van der Waals surface area contributed by atoms with Crippen molar-refractivity contribution >= 4 is 11.7 Å². The number of carbonyl (C=O) groups is 1. The number of likely N-dealkylation sites (tertiary alicyclic amines) is 1. The Bertz CT molecular complexity index is 660. The van der Waals surface area contributed by atoms with Crippen LogP contribution in [0, 0.1) is 13.8 Å². The molecule has 2 aromatic heterocycles. The molecule has 1 aliphatic rings. The number of hydrogen-bond acceptors (Lipinski definition) is 5. The summed E-state index contributed by atoms with van der Waals surface area (Å²) in [6, 6.07) is 6.10. The molecule has 0 atom stereocenters. The van der Waals surface area contributed by atoms with E-state index in [0.29, 0.717) is 12.6 Å². The van der Waals surface area contributed by atoms with Crippen molar-refractivity contribution in [1.29, 1.82) is 0 Å². The first-order valence-corrected chi connectivity index (χ1v) is 7.95. The fourth-order valence-electron chi connectivity index (χ4n) is 2.92. The van der Waals surface area contributed by atoms with E-state index in [0.717, 1.165) is 43.1 Å². The molecule has 3 heterocycles. The monoisotopic (exact) mass is 314 g/mol. The van der Waals surface area contributed by atoms with E-state index in [2.05, 4.69) is 20.6 Å². The number of aryl methyl sites for hydroxylation is 2. The average molecular weight is 314 g/mol. The van der Waals surface area contributed by atoms with Crippen LogP contribution in [0.3, 0.4) is 0 Å². The van der Waals surface area contributed by atoms with Crippen molar-refractivity contribution in [2.75, 3.05) is 18.4 Å². The SMILES string of the molecule is Cc1cc(C)n(CC(=O)N2CCC(Nc3cccnn3)CC2)n1. The molecule has 2 aromatic rings. The van der Waals surface area contributed by atoms with Crippen LogP contribution in [0.5, 0.6) is 0 Å². The lowest BCUT2D eigenvalue weighted by Crippen LogP contribution is -2.43. The van der Waals surface area contributed by atoms with E-state index in [-0.39, 0.29) is 5.91 Å². The molecule has 7 heteroatoms. The maximum Gasteiger partial charge on any atom is 0.244 e. The summed E-state index contributed by atoms with van der Waals surface area (Å²) in [6.45, 7) is 5.76. The van der Waals surface area contributed by atoms with Crippen LogP contribution in [0.25, 0.3) is 0 Å². The van der Waals surface area contributed by atoms with E-state index in [9.17, 15) is 4.79 Å². The van der Waals surface area contributed by atoms with Crippen LogP contribution in [-0.4, -0.2) is 49.9 Å². The molecule has 0 aromatic carbocycles. The molecule has 0 unspecified atom stereocenters. The zero-order valence-electron chi connectivity index (χ0n) is 13.6. The molecule has 0 spiro atoms. The van der Waals surface area contributed by atoms with Crippen LogP contribution in [0.2, 0.25) is 0 Å². The van der Waals surface area contributed by atoms with Crippen molar-refractivity contribution in [1.82, 2.24) is 24.9 Å². The lowest BCUT2D eigenvalue weighted by molar-refractivity contribution is -0.133. The van der Waals surface area contributed by atoms with Gasteiger partial charge in [0.2, 0.25) is 5.91 Å². The van der Waals surface area contributed by atoms with E-state index in [1.165, 1.54) is 0 Å². The van der Waals surface area contributed by atoms with Gasteiger partial charge < -0.3 is 10.2 Å². The van der Waals surface area contributed by atoms with Gasteiger partial charge in [0.15, 0.2) is 0 Å². The second kappa shape index (κ2) is 6.76.